The van der Waals surface area contributed by atoms with E-state index in [1.54, 1.807) is 24.4 Å². The van der Waals surface area contributed by atoms with Crippen LogP contribution in [0.15, 0.2) is 42.6 Å². The normalized spacial score (nSPS) is 21.0. The summed E-state index contributed by atoms with van der Waals surface area (Å²) >= 11 is 0. The van der Waals surface area contributed by atoms with Crippen LogP contribution in [-0.2, 0) is 0 Å². The summed E-state index contributed by atoms with van der Waals surface area (Å²) in [5.41, 5.74) is 1.62. The van der Waals surface area contributed by atoms with Crippen molar-refractivity contribution >= 4 is 5.78 Å². The van der Waals surface area contributed by atoms with Crippen LogP contribution >= 0.6 is 0 Å². The molecule has 1 N–H and O–H groups in total. The number of hydrogen-bond acceptors (Lipinski definition) is 2. The number of H-pyrrole nitrogens is 1. The largest absolute Gasteiger partial charge is 0.294 e. The van der Waals surface area contributed by atoms with Crippen molar-refractivity contribution in [2.24, 2.45) is 11.8 Å². The number of carbonyl (C=O) groups excluding carboxylic acids is 1. The molecule has 1 aromatic heterocycles. The number of rotatable bonds is 4. The molecule has 1 aliphatic carbocycles. The van der Waals surface area contributed by atoms with E-state index in [-0.39, 0.29) is 11.3 Å². The van der Waals surface area contributed by atoms with Gasteiger partial charge in [0.2, 0.25) is 0 Å². The summed E-state index contributed by atoms with van der Waals surface area (Å²) in [6.07, 6.45) is 8.21. The fourth-order valence-corrected chi connectivity index (χ4v) is 2.96. The predicted molar refractivity (Wildman–Crippen MR) is 84.0 cm³/mol. The molecule has 0 spiro atoms. The SMILES string of the molecule is CC1CC=CCC1CC(=O)c1ccc(-c2ccn[nH]2)cc1F. The van der Waals surface area contributed by atoms with Gasteiger partial charge in [-0.1, -0.05) is 25.1 Å². The van der Waals surface area contributed by atoms with Gasteiger partial charge in [0.05, 0.1) is 11.3 Å². The van der Waals surface area contributed by atoms with Gasteiger partial charge in [0.1, 0.15) is 5.82 Å². The number of aromatic nitrogens is 2. The lowest BCUT2D eigenvalue weighted by molar-refractivity contribution is 0.0940. The highest BCUT2D eigenvalue weighted by Gasteiger charge is 2.23. The Morgan fingerprint density at radius 2 is 2.14 bits per heavy atom. The van der Waals surface area contributed by atoms with Crippen molar-refractivity contribution in [2.45, 2.75) is 26.2 Å². The Bertz CT molecular complexity index is 691. The second kappa shape index (κ2) is 6.26. The highest BCUT2D eigenvalue weighted by Crippen LogP contribution is 2.30. The third-order valence-electron chi connectivity index (χ3n) is 4.45. The van der Waals surface area contributed by atoms with Gasteiger partial charge in [0.15, 0.2) is 5.78 Å². The Kier molecular flexibility index (Phi) is 4.18. The van der Waals surface area contributed by atoms with Crippen molar-refractivity contribution < 1.29 is 9.18 Å². The van der Waals surface area contributed by atoms with Crippen LogP contribution in [0.25, 0.3) is 11.3 Å². The zero-order valence-corrected chi connectivity index (χ0v) is 12.6. The molecule has 0 saturated carbocycles. The molecule has 114 valence electrons. The lowest BCUT2D eigenvalue weighted by Crippen LogP contribution is -2.18. The average Bonchev–Trinajstić information content (AvgIpc) is 3.03. The van der Waals surface area contributed by atoms with Crippen molar-refractivity contribution in [1.29, 1.82) is 0 Å². The summed E-state index contributed by atoms with van der Waals surface area (Å²) in [5, 5.41) is 6.64. The van der Waals surface area contributed by atoms with Gasteiger partial charge in [-0.3, -0.25) is 9.89 Å². The van der Waals surface area contributed by atoms with E-state index in [1.807, 2.05) is 0 Å². The summed E-state index contributed by atoms with van der Waals surface area (Å²) < 4.78 is 14.3. The number of halogens is 1. The van der Waals surface area contributed by atoms with E-state index in [2.05, 4.69) is 29.3 Å². The molecule has 0 saturated heterocycles. The molecule has 2 aromatic rings. The number of Topliss-reactive ketones (excluding diaryl/α,β-unsaturated/α-hetero) is 1. The average molecular weight is 298 g/mol. The molecule has 3 nitrogen and oxygen atoms in total. The van der Waals surface area contributed by atoms with Gasteiger partial charge in [-0.05, 0) is 42.9 Å². The van der Waals surface area contributed by atoms with Gasteiger partial charge < -0.3 is 0 Å². The molecule has 1 aromatic carbocycles. The van der Waals surface area contributed by atoms with Crippen molar-refractivity contribution in [3.63, 3.8) is 0 Å². The van der Waals surface area contributed by atoms with Crippen LogP contribution < -0.4 is 0 Å². The van der Waals surface area contributed by atoms with E-state index >= 15 is 0 Å². The Morgan fingerprint density at radius 1 is 1.32 bits per heavy atom. The Morgan fingerprint density at radius 3 is 2.82 bits per heavy atom. The standard InChI is InChI=1S/C18H19FN2O/c1-12-4-2-3-5-13(12)11-18(22)15-7-6-14(10-16(15)19)17-8-9-20-21-17/h2-3,6-10,12-13H,4-5,11H2,1H3,(H,20,21). The maximum atomic E-state index is 14.3. The second-order valence-electron chi connectivity index (χ2n) is 5.97. The fraction of sp³-hybridized carbons (Fsp3) is 0.333. The quantitative estimate of drug-likeness (QED) is 0.672. The topological polar surface area (TPSA) is 45.8 Å². The smallest absolute Gasteiger partial charge is 0.166 e. The van der Waals surface area contributed by atoms with Crippen LogP contribution in [0.2, 0.25) is 0 Å². The van der Waals surface area contributed by atoms with Crippen LogP contribution in [-0.4, -0.2) is 16.0 Å². The lowest BCUT2D eigenvalue weighted by atomic mass is 9.80. The zero-order valence-electron chi connectivity index (χ0n) is 12.6. The molecule has 2 unspecified atom stereocenters. The minimum absolute atomic E-state index is 0.110. The van der Waals surface area contributed by atoms with E-state index < -0.39 is 5.82 Å². The highest BCUT2D eigenvalue weighted by molar-refractivity contribution is 5.97. The first-order chi connectivity index (χ1) is 10.6. The number of nitrogens with zero attached hydrogens (tertiary/aromatic N) is 1. The van der Waals surface area contributed by atoms with Crippen LogP contribution in [0.4, 0.5) is 4.39 Å². The number of benzene rings is 1. The van der Waals surface area contributed by atoms with Gasteiger partial charge in [0, 0.05) is 18.2 Å². The molecule has 0 fully saturated rings. The Balaban J connectivity index is 1.77. The zero-order chi connectivity index (χ0) is 15.5. The summed E-state index contributed by atoms with van der Waals surface area (Å²) in [6.45, 7) is 2.15. The summed E-state index contributed by atoms with van der Waals surface area (Å²) in [5.74, 6) is 0.211. The Labute approximate surface area is 129 Å². The van der Waals surface area contributed by atoms with Crippen LogP contribution in [0.5, 0.6) is 0 Å². The maximum absolute atomic E-state index is 14.3. The number of allylic oxidation sites excluding steroid dienone is 2. The number of hydrogen-bond donors (Lipinski definition) is 1. The van der Waals surface area contributed by atoms with Gasteiger partial charge >= 0.3 is 0 Å². The third-order valence-corrected chi connectivity index (χ3v) is 4.45. The van der Waals surface area contributed by atoms with Crippen molar-refractivity contribution in [1.82, 2.24) is 10.2 Å². The number of nitrogens with one attached hydrogen (secondary N) is 1. The molecule has 4 heteroatoms. The van der Waals surface area contributed by atoms with Gasteiger partial charge in [0.25, 0.3) is 0 Å². The molecule has 1 heterocycles. The van der Waals surface area contributed by atoms with E-state index in [1.165, 1.54) is 6.07 Å². The van der Waals surface area contributed by atoms with Gasteiger partial charge in [-0.15, -0.1) is 0 Å². The molecule has 0 radical (unpaired) electrons. The molecule has 3 rings (SSSR count). The first kappa shape index (κ1) is 14.7. The second-order valence-corrected chi connectivity index (χ2v) is 5.97. The van der Waals surface area contributed by atoms with Crippen LogP contribution in [0.3, 0.4) is 0 Å². The first-order valence-electron chi connectivity index (χ1n) is 7.62. The molecule has 22 heavy (non-hydrogen) atoms. The minimum Gasteiger partial charge on any atom is -0.294 e. The molecule has 0 bridgehead atoms. The number of ketones is 1. The molecule has 0 amide bonds. The van der Waals surface area contributed by atoms with Gasteiger partial charge in [-0.2, -0.15) is 5.10 Å². The molecular formula is C18H19FN2O. The van der Waals surface area contributed by atoms with Gasteiger partial charge in [-0.25, -0.2) is 4.39 Å². The first-order valence-corrected chi connectivity index (χ1v) is 7.62. The number of carbonyl (C=O) groups is 1. The van der Waals surface area contributed by atoms with Crippen LogP contribution in [0.1, 0.15) is 36.5 Å². The molecular weight excluding hydrogens is 279 g/mol. The Hall–Kier alpha value is -2.23. The predicted octanol–water partition coefficient (Wildman–Crippen LogP) is 4.39. The molecule has 0 aliphatic heterocycles. The third kappa shape index (κ3) is 3.01. The van der Waals surface area contributed by atoms with Crippen molar-refractivity contribution in [3.05, 3.63) is 54.0 Å². The maximum Gasteiger partial charge on any atom is 0.166 e. The monoisotopic (exact) mass is 298 g/mol. The highest BCUT2D eigenvalue weighted by atomic mass is 19.1. The van der Waals surface area contributed by atoms with E-state index in [0.29, 0.717) is 23.8 Å². The van der Waals surface area contributed by atoms with E-state index in [0.717, 1.165) is 18.5 Å². The van der Waals surface area contributed by atoms with Crippen molar-refractivity contribution in [3.8, 4) is 11.3 Å². The number of aromatic amines is 1. The van der Waals surface area contributed by atoms with Crippen LogP contribution in [0, 0.1) is 17.7 Å². The van der Waals surface area contributed by atoms with E-state index in [9.17, 15) is 9.18 Å². The fourth-order valence-electron chi connectivity index (χ4n) is 2.96. The summed E-state index contributed by atoms with van der Waals surface area (Å²) in [6, 6.07) is 6.50. The molecule has 1 aliphatic rings. The summed E-state index contributed by atoms with van der Waals surface area (Å²) in [4.78, 5) is 12.4. The lowest BCUT2D eigenvalue weighted by Gasteiger charge is -2.24. The summed E-state index contributed by atoms with van der Waals surface area (Å²) in [7, 11) is 0. The minimum atomic E-state index is -0.462. The van der Waals surface area contributed by atoms with Crippen molar-refractivity contribution in [2.75, 3.05) is 0 Å². The van der Waals surface area contributed by atoms with E-state index in [4.69, 9.17) is 0 Å². The molecule has 2 atom stereocenters.